The molecule has 0 saturated heterocycles. The molecular formula is C11H12Br2N4O2. The number of H-pyrrole nitrogens is 1. The third kappa shape index (κ3) is 2.59. The molecule has 0 spiro atoms. The van der Waals surface area contributed by atoms with Crippen molar-refractivity contribution in [1.82, 2.24) is 19.3 Å². The molecule has 0 fully saturated rings. The van der Waals surface area contributed by atoms with E-state index in [2.05, 4.69) is 41.9 Å². The van der Waals surface area contributed by atoms with Gasteiger partial charge in [-0.05, 0) is 45.7 Å². The highest BCUT2D eigenvalue weighted by molar-refractivity contribution is 9.10. The largest absolute Gasteiger partial charge is 0.328 e. The molecule has 0 unspecified atom stereocenters. The Kier molecular flexibility index (Phi) is 4.10. The Hall–Kier alpha value is -1.15. The highest BCUT2D eigenvalue weighted by Gasteiger charge is 2.15. The molecule has 8 heteroatoms. The summed E-state index contributed by atoms with van der Waals surface area (Å²) in [6.07, 6.45) is 1.35. The molecule has 0 aromatic carbocycles. The van der Waals surface area contributed by atoms with E-state index >= 15 is 0 Å². The second kappa shape index (κ2) is 5.46. The highest BCUT2D eigenvalue weighted by Crippen LogP contribution is 2.21. The first-order chi connectivity index (χ1) is 8.95. The Bertz CT molecular complexity index is 729. The molecule has 0 aliphatic rings. The van der Waals surface area contributed by atoms with Crippen molar-refractivity contribution in [3.8, 4) is 0 Å². The minimum Gasteiger partial charge on any atom is -0.313 e. The zero-order chi connectivity index (χ0) is 14.2. The van der Waals surface area contributed by atoms with Crippen LogP contribution in [0.5, 0.6) is 0 Å². The number of nitrogens with one attached hydrogen (secondary N) is 1. The Morgan fingerprint density at radius 2 is 2.05 bits per heavy atom. The molecule has 0 atom stereocenters. The minimum atomic E-state index is -0.443. The van der Waals surface area contributed by atoms with E-state index in [-0.39, 0.29) is 12.1 Å². The van der Waals surface area contributed by atoms with Gasteiger partial charge in [-0.1, -0.05) is 0 Å². The number of aromatic nitrogens is 4. The van der Waals surface area contributed by atoms with Crippen LogP contribution in [0, 0.1) is 6.92 Å². The first-order valence-electron chi connectivity index (χ1n) is 5.65. The van der Waals surface area contributed by atoms with Gasteiger partial charge in [-0.15, -0.1) is 0 Å². The molecule has 0 saturated carbocycles. The van der Waals surface area contributed by atoms with E-state index < -0.39 is 5.69 Å². The van der Waals surface area contributed by atoms with Crippen LogP contribution < -0.4 is 11.2 Å². The van der Waals surface area contributed by atoms with Crippen LogP contribution in [0.3, 0.4) is 0 Å². The zero-order valence-corrected chi connectivity index (χ0v) is 13.6. The molecule has 0 amide bonds. The lowest BCUT2D eigenvalue weighted by molar-refractivity contribution is 0.578. The van der Waals surface area contributed by atoms with E-state index in [1.54, 1.807) is 4.68 Å². The van der Waals surface area contributed by atoms with Crippen LogP contribution in [0.1, 0.15) is 18.3 Å². The zero-order valence-electron chi connectivity index (χ0n) is 10.4. The molecule has 2 rings (SSSR count). The lowest BCUT2D eigenvalue weighted by atomic mass is 10.3. The molecule has 0 radical (unpaired) electrons. The van der Waals surface area contributed by atoms with Gasteiger partial charge < -0.3 is 4.98 Å². The van der Waals surface area contributed by atoms with Crippen LogP contribution in [0.2, 0.25) is 0 Å². The maximum Gasteiger partial charge on any atom is 0.328 e. The van der Waals surface area contributed by atoms with Gasteiger partial charge in [0.25, 0.3) is 5.56 Å². The van der Waals surface area contributed by atoms with E-state index in [4.69, 9.17) is 0 Å². The Morgan fingerprint density at radius 3 is 2.68 bits per heavy atom. The van der Waals surface area contributed by atoms with Gasteiger partial charge in [0.1, 0.15) is 0 Å². The fourth-order valence-electron chi connectivity index (χ4n) is 1.80. The first-order valence-corrected chi connectivity index (χ1v) is 7.24. The predicted molar refractivity (Wildman–Crippen MR) is 78.5 cm³/mol. The molecule has 102 valence electrons. The monoisotopic (exact) mass is 390 g/mol. The number of rotatable bonds is 3. The Morgan fingerprint density at radius 1 is 1.37 bits per heavy atom. The number of aryl methyl sites for hydroxylation is 2. The highest BCUT2D eigenvalue weighted by atomic mass is 79.9. The number of nitrogens with zero attached hydrogens (tertiary/aromatic N) is 3. The van der Waals surface area contributed by atoms with Gasteiger partial charge >= 0.3 is 5.69 Å². The van der Waals surface area contributed by atoms with Crippen molar-refractivity contribution < 1.29 is 0 Å². The van der Waals surface area contributed by atoms with Gasteiger partial charge in [0.15, 0.2) is 0 Å². The summed E-state index contributed by atoms with van der Waals surface area (Å²) in [7, 11) is 0. The number of aromatic amines is 1. The normalized spacial score (nSPS) is 10.9. The number of hydrogen-bond donors (Lipinski definition) is 1. The molecular weight excluding hydrogens is 380 g/mol. The summed E-state index contributed by atoms with van der Waals surface area (Å²) in [4.78, 5) is 26.2. The minimum absolute atomic E-state index is 0.170. The van der Waals surface area contributed by atoms with Gasteiger partial charge in [0, 0.05) is 12.7 Å². The van der Waals surface area contributed by atoms with E-state index in [1.807, 2.05) is 13.8 Å². The van der Waals surface area contributed by atoms with Crippen LogP contribution in [0.25, 0.3) is 0 Å². The second-order valence-electron chi connectivity index (χ2n) is 3.99. The average Bonchev–Trinajstić information content (AvgIpc) is 2.66. The van der Waals surface area contributed by atoms with E-state index in [1.165, 1.54) is 6.20 Å². The summed E-state index contributed by atoms with van der Waals surface area (Å²) in [6.45, 7) is 4.66. The maximum absolute atomic E-state index is 12.0. The van der Waals surface area contributed by atoms with Crippen LogP contribution >= 0.6 is 31.9 Å². The molecule has 2 aromatic rings. The SMILES string of the molecule is CCn1nc(C)c(Br)c1Cn1c(=O)[nH]cc(Br)c1=O. The fraction of sp³-hybridized carbons (Fsp3) is 0.364. The summed E-state index contributed by atoms with van der Waals surface area (Å²) < 4.78 is 4.05. The summed E-state index contributed by atoms with van der Waals surface area (Å²) in [5, 5.41) is 4.34. The third-order valence-corrected chi connectivity index (χ3v) is 4.38. The standard InChI is InChI=1S/C11H12Br2N4O2/c1-3-17-8(9(13)6(2)15-17)5-16-10(18)7(12)4-14-11(16)19/h4H,3,5H2,1-2H3,(H,14,19). The fourth-order valence-corrected chi connectivity index (χ4v) is 2.54. The molecule has 2 heterocycles. The third-order valence-electron chi connectivity index (χ3n) is 2.78. The van der Waals surface area contributed by atoms with Gasteiger partial charge in [0.2, 0.25) is 0 Å². The smallest absolute Gasteiger partial charge is 0.313 e. The predicted octanol–water partition coefficient (Wildman–Crippen LogP) is 1.63. The lowest BCUT2D eigenvalue weighted by Gasteiger charge is -2.07. The van der Waals surface area contributed by atoms with Crippen molar-refractivity contribution >= 4 is 31.9 Å². The van der Waals surface area contributed by atoms with Crippen molar-refractivity contribution in [3.05, 3.63) is 47.4 Å². The lowest BCUT2D eigenvalue weighted by Crippen LogP contribution is -2.36. The molecule has 0 aliphatic carbocycles. The second-order valence-corrected chi connectivity index (χ2v) is 5.64. The Balaban J connectivity index is 2.57. The molecule has 0 bridgehead atoms. The molecule has 19 heavy (non-hydrogen) atoms. The van der Waals surface area contributed by atoms with Crippen LogP contribution in [0.15, 0.2) is 24.7 Å². The van der Waals surface area contributed by atoms with Crippen molar-refractivity contribution in [2.75, 3.05) is 0 Å². The van der Waals surface area contributed by atoms with Crippen LogP contribution in [-0.4, -0.2) is 19.3 Å². The van der Waals surface area contributed by atoms with Crippen molar-refractivity contribution in [1.29, 1.82) is 0 Å². The summed E-state index contributed by atoms with van der Waals surface area (Å²) in [6, 6.07) is 0. The average molecular weight is 392 g/mol. The molecule has 6 nitrogen and oxygen atoms in total. The van der Waals surface area contributed by atoms with Gasteiger partial charge in [-0.3, -0.25) is 14.0 Å². The number of halogens is 2. The van der Waals surface area contributed by atoms with E-state index in [0.29, 0.717) is 11.0 Å². The summed E-state index contributed by atoms with van der Waals surface area (Å²) in [5.74, 6) is 0. The first kappa shape index (κ1) is 14.3. The van der Waals surface area contributed by atoms with Gasteiger partial charge in [0.05, 0.1) is 26.9 Å². The summed E-state index contributed by atoms with van der Waals surface area (Å²) >= 11 is 6.56. The van der Waals surface area contributed by atoms with E-state index in [9.17, 15) is 9.59 Å². The topological polar surface area (TPSA) is 72.7 Å². The van der Waals surface area contributed by atoms with Gasteiger partial charge in [-0.25, -0.2) is 4.79 Å². The Labute approximate surface area is 125 Å². The van der Waals surface area contributed by atoms with Gasteiger partial charge in [-0.2, -0.15) is 5.10 Å². The van der Waals surface area contributed by atoms with Crippen molar-refractivity contribution in [2.45, 2.75) is 26.9 Å². The molecule has 2 aromatic heterocycles. The van der Waals surface area contributed by atoms with E-state index in [0.717, 1.165) is 20.4 Å². The quantitative estimate of drug-likeness (QED) is 0.864. The van der Waals surface area contributed by atoms with Crippen molar-refractivity contribution in [2.24, 2.45) is 0 Å². The molecule has 1 N–H and O–H groups in total. The van der Waals surface area contributed by atoms with Crippen LogP contribution in [0.4, 0.5) is 0 Å². The maximum atomic E-state index is 12.0. The molecule has 0 aliphatic heterocycles. The number of hydrogen-bond acceptors (Lipinski definition) is 3. The van der Waals surface area contributed by atoms with Crippen molar-refractivity contribution in [3.63, 3.8) is 0 Å². The summed E-state index contributed by atoms with van der Waals surface area (Å²) in [5.41, 5.74) is 0.820. The van der Waals surface area contributed by atoms with Crippen LogP contribution in [-0.2, 0) is 13.1 Å².